The lowest BCUT2D eigenvalue weighted by molar-refractivity contribution is -0.120. The van der Waals surface area contributed by atoms with Crippen LogP contribution in [0.15, 0.2) is 22.7 Å². The molecule has 0 radical (unpaired) electrons. The van der Waals surface area contributed by atoms with E-state index < -0.39 is 0 Å². The molecule has 0 aromatic heterocycles. The largest absolute Gasteiger partial charge is 0.330 e. The van der Waals surface area contributed by atoms with Gasteiger partial charge in [0.15, 0.2) is 0 Å². The van der Waals surface area contributed by atoms with Crippen molar-refractivity contribution in [1.29, 1.82) is 0 Å². The molecule has 5 heteroatoms. The van der Waals surface area contributed by atoms with Crippen LogP contribution < -0.4 is 11.1 Å². The monoisotopic (exact) mass is 330 g/mol. The molecule has 18 heavy (non-hydrogen) atoms. The van der Waals surface area contributed by atoms with Gasteiger partial charge in [-0.1, -0.05) is 34.0 Å². The van der Waals surface area contributed by atoms with Gasteiger partial charge in [-0.3, -0.25) is 4.79 Å². The lowest BCUT2D eigenvalue weighted by Crippen LogP contribution is -2.29. The van der Waals surface area contributed by atoms with E-state index in [4.69, 9.17) is 17.3 Å². The highest BCUT2D eigenvalue weighted by Gasteiger charge is 2.32. The molecule has 0 heterocycles. The van der Waals surface area contributed by atoms with Gasteiger partial charge >= 0.3 is 0 Å². The lowest BCUT2D eigenvalue weighted by atomic mass is 9.95. The minimum atomic E-state index is 0.0186. The number of nitrogens with two attached hydrogens (primary N) is 1. The van der Waals surface area contributed by atoms with E-state index in [0.29, 0.717) is 23.2 Å². The Morgan fingerprint density at radius 1 is 1.50 bits per heavy atom. The Balaban J connectivity index is 2.09. The molecule has 2 unspecified atom stereocenters. The lowest BCUT2D eigenvalue weighted by Gasteiger charge is -2.18. The van der Waals surface area contributed by atoms with E-state index in [0.717, 1.165) is 23.7 Å². The summed E-state index contributed by atoms with van der Waals surface area (Å²) in [6, 6.07) is 5.42. The molecule has 0 aliphatic heterocycles. The number of nitrogens with one attached hydrogen (secondary N) is 1. The number of halogens is 2. The molecule has 3 nitrogen and oxygen atoms in total. The van der Waals surface area contributed by atoms with Crippen molar-refractivity contribution in [3.05, 3.63) is 27.7 Å². The van der Waals surface area contributed by atoms with Crippen molar-refractivity contribution in [2.24, 2.45) is 17.6 Å². The maximum absolute atomic E-state index is 12.2. The number of hydrogen-bond donors (Lipinski definition) is 2. The van der Waals surface area contributed by atoms with Gasteiger partial charge < -0.3 is 11.1 Å². The zero-order valence-electron chi connectivity index (χ0n) is 9.96. The normalized spacial score (nSPS) is 23.1. The molecule has 0 spiro atoms. The van der Waals surface area contributed by atoms with Gasteiger partial charge in [0.1, 0.15) is 0 Å². The van der Waals surface area contributed by atoms with Gasteiger partial charge in [-0.15, -0.1) is 0 Å². The Morgan fingerprint density at radius 3 is 3.00 bits per heavy atom. The van der Waals surface area contributed by atoms with E-state index in [-0.39, 0.29) is 11.8 Å². The van der Waals surface area contributed by atoms with Crippen molar-refractivity contribution in [2.45, 2.75) is 19.3 Å². The van der Waals surface area contributed by atoms with E-state index in [1.807, 2.05) is 12.1 Å². The second kappa shape index (κ2) is 6.04. The van der Waals surface area contributed by atoms with E-state index in [9.17, 15) is 4.79 Å². The maximum Gasteiger partial charge on any atom is 0.227 e. The van der Waals surface area contributed by atoms with Gasteiger partial charge in [0.25, 0.3) is 0 Å². The number of benzene rings is 1. The first-order chi connectivity index (χ1) is 8.61. The minimum Gasteiger partial charge on any atom is -0.330 e. The van der Waals surface area contributed by atoms with Gasteiger partial charge in [-0.2, -0.15) is 0 Å². The molecule has 98 valence electrons. The summed E-state index contributed by atoms with van der Waals surface area (Å²) < 4.78 is 0.893. The first-order valence-corrected chi connectivity index (χ1v) is 7.25. The summed E-state index contributed by atoms with van der Waals surface area (Å²) in [6.45, 7) is 0.574. The predicted molar refractivity (Wildman–Crippen MR) is 77.7 cm³/mol. The van der Waals surface area contributed by atoms with Crippen molar-refractivity contribution >= 4 is 39.1 Å². The Morgan fingerprint density at radius 2 is 2.28 bits per heavy atom. The fraction of sp³-hybridized carbons (Fsp3) is 0.462. The van der Waals surface area contributed by atoms with Crippen molar-refractivity contribution in [2.75, 3.05) is 11.9 Å². The summed E-state index contributed by atoms with van der Waals surface area (Å²) in [7, 11) is 0. The highest BCUT2D eigenvalue weighted by molar-refractivity contribution is 9.10. The first kappa shape index (κ1) is 13.8. The summed E-state index contributed by atoms with van der Waals surface area (Å²) in [5.41, 5.74) is 6.35. The number of anilines is 1. The number of amides is 1. The molecule has 3 N–H and O–H groups in total. The molecule has 2 rings (SSSR count). The summed E-state index contributed by atoms with van der Waals surface area (Å²) >= 11 is 9.42. The van der Waals surface area contributed by atoms with Crippen LogP contribution in [0, 0.1) is 11.8 Å². The Kier molecular flexibility index (Phi) is 4.65. The average molecular weight is 332 g/mol. The molecule has 1 amide bonds. The first-order valence-electron chi connectivity index (χ1n) is 6.08. The Bertz CT molecular complexity index is 453. The van der Waals surface area contributed by atoms with Gasteiger partial charge in [-0.25, -0.2) is 0 Å². The molecule has 1 aliphatic rings. The molecule has 2 atom stereocenters. The minimum absolute atomic E-state index is 0.0186. The van der Waals surface area contributed by atoms with Crippen molar-refractivity contribution in [1.82, 2.24) is 0 Å². The number of rotatable bonds is 3. The second-order valence-corrected chi connectivity index (χ2v) is 5.97. The molecule has 0 bridgehead atoms. The topological polar surface area (TPSA) is 55.1 Å². The molecule has 0 saturated heterocycles. The van der Waals surface area contributed by atoms with Crippen molar-refractivity contribution in [3.63, 3.8) is 0 Å². The molecule has 1 aromatic rings. The van der Waals surface area contributed by atoms with E-state index in [1.54, 1.807) is 6.07 Å². The quantitative estimate of drug-likeness (QED) is 0.891. The SMILES string of the molecule is NCC1CCCC1C(=O)Nc1cc(Br)ccc1Cl. The standard InChI is InChI=1S/C13H16BrClN2O/c14-9-4-5-11(15)12(6-9)17-13(18)10-3-1-2-8(10)7-16/h4-6,8,10H,1-3,7,16H2,(H,17,18). The maximum atomic E-state index is 12.2. The van der Waals surface area contributed by atoms with Gasteiger partial charge in [-0.05, 0) is 43.5 Å². The van der Waals surface area contributed by atoms with Gasteiger partial charge in [0, 0.05) is 10.4 Å². The number of carbonyl (C=O) groups is 1. The number of carbonyl (C=O) groups excluding carboxylic acids is 1. The van der Waals surface area contributed by atoms with Gasteiger partial charge in [0.05, 0.1) is 10.7 Å². The van der Waals surface area contributed by atoms with E-state index >= 15 is 0 Å². The molecular weight excluding hydrogens is 316 g/mol. The van der Waals surface area contributed by atoms with E-state index in [2.05, 4.69) is 21.2 Å². The van der Waals surface area contributed by atoms with Crippen LogP contribution in [-0.4, -0.2) is 12.5 Å². The Labute approximate surface area is 120 Å². The number of hydrogen-bond acceptors (Lipinski definition) is 2. The smallest absolute Gasteiger partial charge is 0.227 e. The van der Waals surface area contributed by atoms with E-state index in [1.165, 1.54) is 0 Å². The third kappa shape index (κ3) is 3.05. The molecule has 1 aromatic carbocycles. The zero-order valence-corrected chi connectivity index (χ0v) is 12.3. The fourth-order valence-corrected chi connectivity index (χ4v) is 3.01. The fourth-order valence-electron chi connectivity index (χ4n) is 2.48. The van der Waals surface area contributed by atoms with Crippen LogP contribution in [0.4, 0.5) is 5.69 Å². The highest BCUT2D eigenvalue weighted by Crippen LogP contribution is 2.33. The average Bonchev–Trinajstić information content (AvgIpc) is 2.82. The van der Waals surface area contributed by atoms with Crippen LogP contribution in [0.3, 0.4) is 0 Å². The van der Waals surface area contributed by atoms with Crippen LogP contribution in [-0.2, 0) is 4.79 Å². The molecule has 1 saturated carbocycles. The summed E-state index contributed by atoms with van der Waals surface area (Å²) in [6.07, 6.45) is 3.03. The summed E-state index contributed by atoms with van der Waals surface area (Å²) in [4.78, 5) is 12.2. The van der Waals surface area contributed by atoms with Crippen LogP contribution in [0.2, 0.25) is 5.02 Å². The second-order valence-electron chi connectivity index (χ2n) is 4.65. The third-order valence-electron chi connectivity index (χ3n) is 3.48. The molecular formula is C13H16BrClN2O. The van der Waals surface area contributed by atoms with Crippen LogP contribution in [0.25, 0.3) is 0 Å². The van der Waals surface area contributed by atoms with Crippen LogP contribution >= 0.6 is 27.5 Å². The van der Waals surface area contributed by atoms with Gasteiger partial charge in [0.2, 0.25) is 5.91 Å². The Hall–Kier alpha value is -0.580. The van der Waals surface area contributed by atoms with Crippen LogP contribution in [0.5, 0.6) is 0 Å². The third-order valence-corrected chi connectivity index (χ3v) is 4.31. The zero-order chi connectivity index (χ0) is 13.1. The highest BCUT2D eigenvalue weighted by atomic mass is 79.9. The van der Waals surface area contributed by atoms with Crippen molar-refractivity contribution in [3.8, 4) is 0 Å². The molecule has 1 aliphatic carbocycles. The predicted octanol–water partition coefficient (Wildman–Crippen LogP) is 3.42. The molecule has 1 fully saturated rings. The van der Waals surface area contributed by atoms with Crippen molar-refractivity contribution < 1.29 is 4.79 Å². The van der Waals surface area contributed by atoms with Crippen LogP contribution in [0.1, 0.15) is 19.3 Å². The summed E-state index contributed by atoms with van der Waals surface area (Å²) in [5, 5.41) is 3.45. The summed E-state index contributed by atoms with van der Waals surface area (Å²) in [5.74, 6) is 0.351.